The zero-order chi connectivity index (χ0) is 15.5. The van der Waals surface area contributed by atoms with Gasteiger partial charge in [-0.3, -0.25) is 4.79 Å². The minimum absolute atomic E-state index is 0.138. The highest BCUT2D eigenvalue weighted by molar-refractivity contribution is 5.99. The summed E-state index contributed by atoms with van der Waals surface area (Å²) in [5.74, 6) is -0.479. The van der Waals surface area contributed by atoms with Crippen molar-refractivity contribution in [2.24, 2.45) is 0 Å². The van der Waals surface area contributed by atoms with Crippen LogP contribution in [0.1, 0.15) is 16.8 Å². The molecule has 0 aliphatic carbocycles. The molecule has 0 aliphatic rings. The molecule has 0 atom stereocenters. The van der Waals surface area contributed by atoms with E-state index in [-0.39, 0.29) is 18.0 Å². The zero-order valence-electron chi connectivity index (χ0n) is 12.4. The van der Waals surface area contributed by atoms with Crippen molar-refractivity contribution in [2.75, 3.05) is 47.3 Å². The fourth-order valence-electron chi connectivity index (χ4n) is 1.67. The van der Waals surface area contributed by atoms with E-state index in [1.165, 1.54) is 19.2 Å². The fourth-order valence-corrected chi connectivity index (χ4v) is 1.67. The molecule has 21 heavy (non-hydrogen) atoms. The molecule has 0 aromatic heterocycles. The van der Waals surface area contributed by atoms with Crippen LogP contribution in [0.2, 0.25) is 0 Å². The largest absolute Gasteiger partial charge is 0.496 e. The van der Waals surface area contributed by atoms with Crippen LogP contribution in [0.25, 0.3) is 0 Å². The Morgan fingerprint density at radius 1 is 1.10 bits per heavy atom. The molecule has 0 fully saturated rings. The van der Waals surface area contributed by atoms with Crippen LogP contribution < -0.4 is 4.74 Å². The monoisotopic (exact) mass is 300 g/mol. The van der Waals surface area contributed by atoms with Crippen LogP contribution in [-0.2, 0) is 14.2 Å². The molecule has 0 unspecified atom stereocenters. The van der Waals surface area contributed by atoms with Crippen molar-refractivity contribution in [1.29, 1.82) is 0 Å². The van der Waals surface area contributed by atoms with Crippen molar-refractivity contribution in [1.82, 2.24) is 0 Å². The van der Waals surface area contributed by atoms with Gasteiger partial charge in [0, 0.05) is 20.3 Å². The van der Waals surface area contributed by atoms with Crippen LogP contribution in [0.3, 0.4) is 0 Å². The van der Waals surface area contributed by atoms with Crippen molar-refractivity contribution in [3.05, 3.63) is 29.6 Å². The van der Waals surface area contributed by atoms with E-state index in [1.54, 1.807) is 7.11 Å². The molecule has 0 saturated carbocycles. The lowest BCUT2D eigenvalue weighted by Gasteiger charge is -2.08. The minimum Gasteiger partial charge on any atom is -0.496 e. The van der Waals surface area contributed by atoms with E-state index >= 15 is 0 Å². The van der Waals surface area contributed by atoms with Crippen molar-refractivity contribution >= 4 is 5.78 Å². The smallest absolute Gasteiger partial charge is 0.192 e. The molecule has 0 bridgehead atoms. The average Bonchev–Trinajstić information content (AvgIpc) is 2.49. The van der Waals surface area contributed by atoms with Crippen LogP contribution >= 0.6 is 0 Å². The highest BCUT2D eigenvalue weighted by Gasteiger charge is 2.13. The standard InChI is InChI=1S/C15H21FO5/c1-18-6-3-7-20-8-9-21-11-14(17)13-10-12(16)4-5-15(13)19-2/h4-5,10H,3,6-9,11H2,1-2H3. The first kappa shape index (κ1) is 17.6. The van der Waals surface area contributed by atoms with Crippen LogP contribution in [0.5, 0.6) is 5.75 Å². The molecule has 0 spiro atoms. The molecule has 0 saturated heterocycles. The lowest BCUT2D eigenvalue weighted by atomic mass is 10.1. The summed E-state index contributed by atoms with van der Waals surface area (Å²) < 4.78 is 33.6. The molecule has 1 aromatic rings. The maximum Gasteiger partial charge on any atom is 0.192 e. The molecular weight excluding hydrogens is 279 g/mol. The number of methoxy groups -OCH3 is 2. The van der Waals surface area contributed by atoms with Crippen molar-refractivity contribution < 1.29 is 28.1 Å². The van der Waals surface area contributed by atoms with E-state index < -0.39 is 5.82 Å². The topological polar surface area (TPSA) is 54.0 Å². The normalized spacial score (nSPS) is 10.6. The Balaban J connectivity index is 2.26. The van der Waals surface area contributed by atoms with Crippen LogP contribution in [-0.4, -0.2) is 53.0 Å². The number of halogens is 1. The number of hydrogen-bond donors (Lipinski definition) is 0. The van der Waals surface area contributed by atoms with Gasteiger partial charge in [-0.15, -0.1) is 0 Å². The third kappa shape index (κ3) is 6.66. The summed E-state index contributed by atoms with van der Waals surface area (Å²) in [6, 6.07) is 3.80. The highest BCUT2D eigenvalue weighted by Crippen LogP contribution is 2.19. The van der Waals surface area contributed by atoms with Gasteiger partial charge in [0.25, 0.3) is 0 Å². The highest BCUT2D eigenvalue weighted by atomic mass is 19.1. The molecule has 1 rings (SSSR count). The van der Waals surface area contributed by atoms with Gasteiger partial charge in [-0.1, -0.05) is 0 Å². The molecule has 5 nitrogen and oxygen atoms in total. The second-order valence-corrected chi connectivity index (χ2v) is 4.28. The molecule has 6 heteroatoms. The first-order chi connectivity index (χ1) is 10.2. The van der Waals surface area contributed by atoms with Gasteiger partial charge in [-0.05, 0) is 24.6 Å². The van der Waals surface area contributed by atoms with Crippen LogP contribution in [0, 0.1) is 5.82 Å². The van der Waals surface area contributed by atoms with Gasteiger partial charge in [0.2, 0.25) is 0 Å². The number of hydrogen-bond acceptors (Lipinski definition) is 5. The summed E-state index contributed by atoms with van der Waals surface area (Å²) in [5, 5.41) is 0. The van der Waals surface area contributed by atoms with Gasteiger partial charge in [0.15, 0.2) is 5.78 Å². The first-order valence-electron chi connectivity index (χ1n) is 6.70. The van der Waals surface area contributed by atoms with Gasteiger partial charge < -0.3 is 18.9 Å². The lowest BCUT2D eigenvalue weighted by Crippen LogP contribution is -2.14. The van der Waals surface area contributed by atoms with E-state index in [1.807, 2.05) is 0 Å². The molecular formula is C15H21FO5. The Morgan fingerprint density at radius 3 is 2.57 bits per heavy atom. The van der Waals surface area contributed by atoms with Crippen molar-refractivity contribution in [3.63, 3.8) is 0 Å². The number of rotatable bonds is 11. The van der Waals surface area contributed by atoms with E-state index in [0.29, 0.717) is 32.2 Å². The van der Waals surface area contributed by atoms with Crippen molar-refractivity contribution in [3.8, 4) is 5.75 Å². The Bertz CT molecular complexity index is 436. The van der Waals surface area contributed by atoms with Crippen LogP contribution in [0.15, 0.2) is 18.2 Å². The number of carbonyl (C=O) groups excluding carboxylic acids is 1. The average molecular weight is 300 g/mol. The quantitative estimate of drug-likeness (QED) is 0.463. The predicted octanol–water partition coefficient (Wildman–Crippen LogP) is 2.09. The summed E-state index contributed by atoms with van der Waals surface area (Å²) in [4.78, 5) is 11.9. The molecule has 0 aliphatic heterocycles. The first-order valence-corrected chi connectivity index (χ1v) is 6.70. The zero-order valence-corrected chi connectivity index (χ0v) is 12.4. The second-order valence-electron chi connectivity index (χ2n) is 4.28. The number of ether oxygens (including phenoxy) is 4. The van der Waals surface area contributed by atoms with Gasteiger partial charge in [0.05, 0.1) is 25.9 Å². The molecule has 0 N–H and O–H groups in total. The Morgan fingerprint density at radius 2 is 1.86 bits per heavy atom. The SMILES string of the molecule is COCCCOCCOCC(=O)c1cc(F)ccc1OC. The van der Waals surface area contributed by atoms with E-state index in [9.17, 15) is 9.18 Å². The number of Topliss-reactive ketones (excluding diaryl/α,β-unsaturated/α-hetero) is 1. The van der Waals surface area contributed by atoms with E-state index in [2.05, 4.69) is 0 Å². The minimum atomic E-state index is -0.486. The summed E-state index contributed by atoms with van der Waals surface area (Å²) in [5.41, 5.74) is 0.179. The Labute approximate surface area is 123 Å². The van der Waals surface area contributed by atoms with Gasteiger partial charge in [0.1, 0.15) is 18.2 Å². The fraction of sp³-hybridized carbons (Fsp3) is 0.533. The number of carbonyl (C=O) groups is 1. The summed E-state index contributed by atoms with van der Waals surface area (Å²) in [6.45, 7) is 1.80. The third-order valence-corrected chi connectivity index (χ3v) is 2.70. The molecule has 0 radical (unpaired) electrons. The molecule has 0 heterocycles. The summed E-state index contributed by atoms with van der Waals surface area (Å²) >= 11 is 0. The van der Waals surface area contributed by atoms with E-state index in [4.69, 9.17) is 18.9 Å². The predicted molar refractivity (Wildman–Crippen MR) is 75.4 cm³/mol. The van der Waals surface area contributed by atoms with Crippen LogP contribution in [0.4, 0.5) is 4.39 Å². The lowest BCUT2D eigenvalue weighted by molar-refractivity contribution is 0.0381. The Hall–Kier alpha value is -1.50. The van der Waals surface area contributed by atoms with Crippen molar-refractivity contribution in [2.45, 2.75) is 6.42 Å². The molecule has 1 aromatic carbocycles. The van der Waals surface area contributed by atoms with E-state index in [0.717, 1.165) is 12.5 Å². The van der Waals surface area contributed by atoms with Gasteiger partial charge in [-0.25, -0.2) is 4.39 Å². The van der Waals surface area contributed by atoms with Gasteiger partial charge >= 0.3 is 0 Å². The number of benzene rings is 1. The Kier molecular flexibility index (Phi) is 8.57. The molecule has 0 amide bonds. The maximum atomic E-state index is 13.2. The second kappa shape index (κ2) is 10.3. The summed E-state index contributed by atoms with van der Waals surface area (Å²) in [7, 11) is 3.06. The molecule has 118 valence electrons. The number of ketones is 1. The maximum absolute atomic E-state index is 13.2. The summed E-state index contributed by atoms with van der Waals surface area (Å²) in [6.07, 6.45) is 0.815. The third-order valence-electron chi connectivity index (χ3n) is 2.70. The van der Waals surface area contributed by atoms with Gasteiger partial charge in [-0.2, -0.15) is 0 Å².